The van der Waals surface area contributed by atoms with Gasteiger partial charge in [0.1, 0.15) is 5.82 Å². The van der Waals surface area contributed by atoms with Gasteiger partial charge in [0, 0.05) is 12.0 Å². The van der Waals surface area contributed by atoms with Gasteiger partial charge in [-0.2, -0.15) is 0 Å². The molecule has 0 saturated heterocycles. The summed E-state index contributed by atoms with van der Waals surface area (Å²) in [5, 5.41) is 6.00. The SMILES string of the molecule is CCC(=O)Nc1ccc(NC(C)(C)C)cn1. The molecule has 1 aromatic rings. The van der Waals surface area contributed by atoms with E-state index in [0.717, 1.165) is 5.69 Å². The van der Waals surface area contributed by atoms with Gasteiger partial charge in [-0.3, -0.25) is 4.79 Å². The normalized spacial score (nSPS) is 11.0. The molecular weight excluding hydrogens is 202 g/mol. The minimum Gasteiger partial charge on any atom is -0.379 e. The molecule has 0 aliphatic carbocycles. The van der Waals surface area contributed by atoms with E-state index in [1.54, 1.807) is 12.3 Å². The molecule has 0 atom stereocenters. The summed E-state index contributed by atoms with van der Waals surface area (Å²) >= 11 is 0. The van der Waals surface area contributed by atoms with Gasteiger partial charge in [-0.1, -0.05) is 6.92 Å². The van der Waals surface area contributed by atoms with Gasteiger partial charge < -0.3 is 10.6 Å². The van der Waals surface area contributed by atoms with Crippen LogP contribution in [0.2, 0.25) is 0 Å². The Morgan fingerprint density at radius 2 is 2.06 bits per heavy atom. The highest BCUT2D eigenvalue weighted by atomic mass is 16.1. The smallest absolute Gasteiger partial charge is 0.225 e. The third-order valence-electron chi connectivity index (χ3n) is 1.87. The molecule has 1 heterocycles. The van der Waals surface area contributed by atoms with Crippen LogP contribution in [0, 0.1) is 0 Å². The molecule has 0 spiro atoms. The monoisotopic (exact) mass is 221 g/mol. The van der Waals surface area contributed by atoms with Gasteiger partial charge in [0.05, 0.1) is 11.9 Å². The summed E-state index contributed by atoms with van der Waals surface area (Å²) in [5.74, 6) is 0.565. The van der Waals surface area contributed by atoms with E-state index in [1.807, 2.05) is 13.0 Å². The topological polar surface area (TPSA) is 54.0 Å². The van der Waals surface area contributed by atoms with Gasteiger partial charge in [0.25, 0.3) is 0 Å². The first-order valence-corrected chi connectivity index (χ1v) is 5.45. The van der Waals surface area contributed by atoms with Crippen molar-refractivity contribution in [1.29, 1.82) is 0 Å². The minimum atomic E-state index is -0.0240. The Hall–Kier alpha value is -1.58. The van der Waals surface area contributed by atoms with Crippen LogP contribution in [0.1, 0.15) is 34.1 Å². The van der Waals surface area contributed by atoms with Crippen LogP contribution in [0.25, 0.3) is 0 Å². The molecule has 0 fully saturated rings. The number of amides is 1. The summed E-state index contributed by atoms with van der Waals surface area (Å²) in [5.41, 5.74) is 0.956. The number of aromatic nitrogens is 1. The van der Waals surface area contributed by atoms with E-state index in [1.165, 1.54) is 0 Å². The van der Waals surface area contributed by atoms with Crippen molar-refractivity contribution in [3.63, 3.8) is 0 Å². The molecule has 0 saturated carbocycles. The maximum absolute atomic E-state index is 11.1. The largest absolute Gasteiger partial charge is 0.379 e. The maximum atomic E-state index is 11.1. The lowest BCUT2D eigenvalue weighted by molar-refractivity contribution is -0.115. The summed E-state index contributed by atoms with van der Waals surface area (Å²) in [6.07, 6.45) is 2.18. The Labute approximate surface area is 96.5 Å². The molecule has 1 aromatic heterocycles. The van der Waals surface area contributed by atoms with Crippen molar-refractivity contribution < 1.29 is 4.79 Å². The zero-order valence-electron chi connectivity index (χ0n) is 10.3. The Bertz CT molecular complexity index is 352. The van der Waals surface area contributed by atoms with Crippen molar-refractivity contribution in [3.05, 3.63) is 18.3 Å². The number of hydrogen-bond acceptors (Lipinski definition) is 3. The van der Waals surface area contributed by atoms with Crippen molar-refractivity contribution in [2.24, 2.45) is 0 Å². The van der Waals surface area contributed by atoms with Crippen LogP contribution >= 0.6 is 0 Å². The molecular formula is C12H19N3O. The molecule has 2 N–H and O–H groups in total. The second kappa shape index (κ2) is 4.96. The maximum Gasteiger partial charge on any atom is 0.225 e. The van der Waals surface area contributed by atoms with Gasteiger partial charge in [-0.15, -0.1) is 0 Å². The Kier molecular flexibility index (Phi) is 3.88. The number of carbonyl (C=O) groups excluding carboxylic acids is 1. The number of rotatable bonds is 3. The first-order valence-electron chi connectivity index (χ1n) is 5.45. The number of pyridine rings is 1. The fourth-order valence-electron chi connectivity index (χ4n) is 1.21. The van der Waals surface area contributed by atoms with E-state index in [-0.39, 0.29) is 11.4 Å². The average molecular weight is 221 g/mol. The van der Waals surface area contributed by atoms with Gasteiger partial charge in [0.15, 0.2) is 0 Å². The quantitative estimate of drug-likeness (QED) is 0.825. The molecule has 0 aliphatic rings. The van der Waals surface area contributed by atoms with Crippen molar-refractivity contribution in [2.45, 2.75) is 39.7 Å². The van der Waals surface area contributed by atoms with E-state index >= 15 is 0 Å². The number of nitrogens with one attached hydrogen (secondary N) is 2. The van der Waals surface area contributed by atoms with Crippen LogP contribution in [-0.4, -0.2) is 16.4 Å². The lowest BCUT2D eigenvalue weighted by Gasteiger charge is -2.21. The number of anilines is 2. The van der Waals surface area contributed by atoms with Crippen molar-refractivity contribution in [1.82, 2.24) is 4.98 Å². The molecule has 1 rings (SSSR count). The predicted molar refractivity (Wildman–Crippen MR) is 66.5 cm³/mol. The minimum absolute atomic E-state index is 0.00978. The van der Waals surface area contributed by atoms with Gasteiger partial charge in [0.2, 0.25) is 5.91 Å². The lowest BCUT2D eigenvalue weighted by atomic mass is 10.1. The third-order valence-corrected chi connectivity index (χ3v) is 1.87. The highest BCUT2D eigenvalue weighted by molar-refractivity contribution is 5.89. The average Bonchev–Trinajstić information content (AvgIpc) is 2.18. The summed E-state index contributed by atoms with van der Waals surface area (Å²) in [7, 11) is 0. The lowest BCUT2D eigenvalue weighted by Crippen LogP contribution is -2.26. The Morgan fingerprint density at radius 1 is 1.38 bits per heavy atom. The van der Waals surface area contributed by atoms with Crippen molar-refractivity contribution >= 4 is 17.4 Å². The Morgan fingerprint density at radius 3 is 2.50 bits per heavy atom. The Balaban J connectivity index is 2.64. The van der Waals surface area contributed by atoms with Crippen LogP contribution < -0.4 is 10.6 Å². The van der Waals surface area contributed by atoms with Crippen LogP contribution in [-0.2, 0) is 4.79 Å². The summed E-state index contributed by atoms with van der Waals surface area (Å²) in [6, 6.07) is 3.70. The van der Waals surface area contributed by atoms with E-state index in [0.29, 0.717) is 12.2 Å². The summed E-state index contributed by atoms with van der Waals surface area (Å²) in [4.78, 5) is 15.3. The highest BCUT2D eigenvalue weighted by Crippen LogP contribution is 2.15. The fourth-order valence-corrected chi connectivity index (χ4v) is 1.21. The van der Waals surface area contributed by atoms with E-state index in [9.17, 15) is 4.79 Å². The van der Waals surface area contributed by atoms with Gasteiger partial charge >= 0.3 is 0 Å². The number of nitrogens with zero attached hydrogens (tertiary/aromatic N) is 1. The molecule has 0 aromatic carbocycles. The molecule has 0 unspecified atom stereocenters. The van der Waals surface area contributed by atoms with Crippen LogP contribution in [0.15, 0.2) is 18.3 Å². The molecule has 0 radical (unpaired) electrons. The zero-order valence-corrected chi connectivity index (χ0v) is 10.3. The van der Waals surface area contributed by atoms with E-state index in [4.69, 9.17) is 0 Å². The molecule has 4 heteroatoms. The fraction of sp³-hybridized carbons (Fsp3) is 0.500. The number of carbonyl (C=O) groups is 1. The van der Waals surface area contributed by atoms with Crippen molar-refractivity contribution in [3.8, 4) is 0 Å². The summed E-state index contributed by atoms with van der Waals surface area (Å²) in [6.45, 7) is 8.06. The zero-order chi connectivity index (χ0) is 12.2. The second-order valence-corrected chi connectivity index (χ2v) is 4.71. The van der Waals surface area contributed by atoms with E-state index < -0.39 is 0 Å². The van der Waals surface area contributed by atoms with Crippen LogP contribution in [0.3, 0.4) is 0 Å². The van der Waals surface area contributed by atoms with Gasteiger partial charge in [-0.25, -0.2) is 4.98 Å². The third kappa shape index (κ3) is 4.29. The van der Waals surface area contributed by atoms with Crippen molar-refractivity contribution in [2.75, 3.05) is 10.6 Å². The van der Waals surface area contributed by atoms with E-state index in [2.05, 4.69) is 36.4 Å². The molecule has 1 amide bonds. The van der Waals surface area contributed by atoms with Crippen LogP contribution in [0.5, 0.6) is 0 Å². The number of hydrogen-bond donors (Lipinski definition) is 2. The second-order valence-electron chi connectivity index (χ2n) is 4.71. The standard InChI is InChI=1S/C12H19N3O/c1-5-11(16)14-10-7-6-9(8-13-10)15-12(2,3)4/h6-8,15H,5H2,1-4H3,(H,13,14,16). The first-order chi connectivity index (χ1) is 7.40. The first kappa shape index (κ1) is 12.5. The predicted octanol–water partition coefficient (Wildman–Crippen LogP) is 2.64. The van der Waals surface area contributed by atoms with Gasteiger partial charge in [-0.05, 0) is 32.9 Å². The summed E-state index contributed by atoms with van der Waals surface area (Å²) < 4.78 is 0. The molecule has 4 nitrogen and oxygen atoms in total. The highest BCUT2D eigenvalue weighted by Gasteiger charge is 2.09. The molecule has 16 heavy (non-hydrogen) atoms. The molecule has 0 bridgehead atoms. The molecule has 88 valence electrons. The molecule has 0 aliphatic heterocycles. The van der Waals surface area contributed by atoms with Crippen LogP contribution in [0.4, 0.5) is 11.5 Å².